The number of nitrogens with zero attached hydrogens (tertiary/aromatic N) is 1. The number of alkyl carbamates (subject to hydrolysis) is 1. The summed E-state index contributed by atoms with van der Waals surface area (Å²) >= 11 is 5.71. The Kier molecular flexibility index (Phi) is 5.81. The van der Waals surface area contributed by atoms with E-state index in [0.29, 0.717) is 5.56 Å². The van der Waals surface area contributed by atoms with Crippen molar-refractivity contribution in [2.45, 2.75) is 18.8 Å². The Morgan fingerprint density at radius 2 is 2.16 bits per heavy atom. The molecular weight excluding hydrogens is 357 g/mol. The largest absolute Gasteiger partial charge is 0.410 e. The number of aliphatic hydroxyl groups is 1. The lowest BCUT2D eigenvalue weighted by molar-refractivity contribution is -0.182. The maximum Gasteiger partial charge on any atom is 0.410 e. The third-order valence-electron chi connectivity index (χ3n) is 3.58. The predicted octanol–water partition coefficient (Wildman–Crippen LogP) is 0.372. The molecule has 1 heterocycles. The van der Waals surface area contributed by atoms with E-state index in [-0.39, 0.29) is 31.1 Å². The summed E-state index contributed by atoms with van der Waals surface area (Å²) in [5.74, 6) is -4.19. The van der Waals surface area contributed by atoms with Crippen LogP contribution >= 0.6 is 11.6 Å². The molecule has 1 aliphatic heterocycles. The van der Waals surface area contributed by atoms with Crippen LogP contribution in [0.2, 0.25) is 5.02 Å². The van der Waals surface area contributed by atoms with Gasteiger partial charge in [0.1, 0.15) is 5.82 Å². The van der Waals surface area contributed by atoms with Gasteiger partial charge in [-0.05, 0) is 23.8 Å². The number of hydrogen-bond donors (Lipinski definition) is 3. The lowest BCUT2D eigenvalue weighted by Crippen LogP contribution is -2.47. The van der Waals surface area contributed by atoms with Gasteiger partial charge >= 0.3 is 6.09 Å². The topological polar surface area (TPSA) is 108 Å². The molecule has 3 amide bonds. The third-order valence-corrected chi connectivity index (χ3v) is 3.79. The number of carbonyl (C=O) groups excluding carboxylic acids is 3. The fraction of sp³-hybridized carbons (Fsp3) is 0.400. The second-order valence-electron chi connectivity index (χ2n) is 5.46. The van der Waals surface area contributed by atoms with Gasteiger partial charge in [-0.1, -0.05) is 11.6 Å². The first kappa shape index (κ1) is 18.9. The number of benzene rings is 1. The molecule has 3 N–H and O–H groups in total. The first-order valence-electron chi connectivity index (χ1n) is 7.37. The normalized spacial score (nSPS) is 19.7. The maximum atomic E-state index is 13.2. The van der Waals surface area contributed by atoms with E-state index in [9.17, 15) is 23.9 Å². The number of likely N-dealkylation sites (N-methyl/N-ethyl adjacent to an activating group) is 1. The van der Waals surface area contributed by atoms with Crippen molar-refractivity contribution in [2.24, 2.45) is 0 Å². The molecule has 0 saturated carbocycles. The van der Waals surface area contributed by atoms with Gasteiger partial charge < -0.3 is 25.4 Å². The molecule has 1 aliphatic rings. The molecule has 1 unspecified atom stereocenters. The summed E-state index contributed by atoms with van der Waals surface area (Å²) in [6.45, 7) is -0.289. The summed E-state index contributed by atoms with van der Waals surface area (Å²) in [6, 6.07) is 3.74. The van der Waals surface area contributed by atoms with Gasteiger partial charge in [0, 0.05) is 31.6 Å². The van der Waals surface area contributed by atoms with E-state index in [1.807, 2.05) is 0 Å². The third kappa shape index (κ3) is 4.80. The van der Waals surface area contributed by atoms with E-state index in [4.69, 9.17) is 16.3 Å². The van der Waals surface area contributed by atoms with Crippen LogP contribution in [0.3, 0.4) is 0 Å². The molecule has 0 spiro atoms. The standard InChI is InChI=1S/C15H17ClFN3O5/c1-18-12(21)8-20-3-2-15(24,13(20)22)25-14(23)19-7-9-4-10(16)6-11(17)5-9/h4-6,24H,2-3,7-8H2,1H3,(H,18,21)(H,19,23). The van der Waals surface area contributed by atoms with Crippen LogP contribution in [-0.4, -0.2) is 53.8 Å². The number of ether oxygens (including phenoxy) is 1. The van der Waals surface area contributed by atoms with Gasteiger partial charge in [0.05, 0.1) is 6.54 Å². The van der Waals surface area contributed by atoms with Crippen molar-refractivity contribution in [1.29, 1.82) is 0 Å². The van der Waals surface area contributed by atoms with E-state index in [2.05, 4.69) is 10.6 Å². The van der Waals surface area contributed by atoms with Crippen molar-refractivity contribution in [3.8, 4) is 0 Å². The molecule has 10 heteroatoms. The van der Waals surface area contributed by atoms with Gasteiger partial charge in [-0.25, -0.2) is 9.18 Å². The average molecular weight is 374 g/mol. The van der Waals surface area contributed by atoms with Gasteiger partial charge in [-0.2, -0.15) is 0 Å². The molecule has 0 bridgehead atoms. The summed E-state index contributed by atoms with van der Waals surface area (Å²) in [6.07, 6.45) is -1.22. The molecule has 1 saturated heterocycles. The van der Waals surface area contributed by atoms with Gasteiger partial charge in [0.15, 0.2) is 0 Å². The van der Waals surface area contributed by atoms with Gasteiger partial charge in [0.2, 0.25) is 5.91 Å². The summed E-state index contributed by atoms with van der Waals surface area (Å²) in [5.41, 5.74) is 0.382. The Labute approximate surface area is 147 Å². The molecule has 0 aliphatic carbocycles. The molecule has 1 atom stereocenters. The number of nitrogens with one attached hydrogen (secondary N) is 2. The molecule has 1 fully saturated rings. The maximum absolute atomic E-state index is 13.2. The zero-order valence-corrected chi connectivity index (χ0v) is 14.1. The lowest BCUT2D eigenvalue weighted by atomic mass is 10.2. The van der Waals surface area contributed by atoms with Crippen LogP contribution in [0.1, 0.15) is 12.0 Å². The van der Waals surface area contributed by atoms with Crippen molar-refractivity contribution in [3.63, 3.8) is 0 Å². The molecule has 0 aromatic heterocycles. The Balaban J connectivity index is 1.91. The Morgan fingerprint density at radius 1 is 1.44 bits per heavy atom. The molecule has 8 nitrogen and oxygen atoms in total. The number of halogens is 2. The summed E-state index contributed by atoms with van der Waals surface area (Å²) < 4.78 is 18.0. The molecule has 25 heavy (non-hydrogen) atoms. The number of rotatable bonds is 5. The summed E-state index contributed by atoms with van der Waals surface area (Å²) in [7, 11) is 1.41. The van der Waals surface area contributed by atoms with E-state index in [1.165, 1.54) is 19.2 Å². The molecule has 2 rings (SSSR count). The number of hydrogen-bond acceptors (Lipinski definition) is 5. The second-order valence-corrected chi connectivity index (χ2v) is 5.89. The molecule has 1 aromatic carbocycles. The molecule has 1 aromatic rings. The van der Waals surface area contributed by atoms with Crippen LogP contribution in [0.5, 0.6) is 0 Å². The molecular formula is C15H17ClFN3O5. The first-order chi connectivity index (χ1) is 11.7. The fourth-order valence-electron chi connectivity index (χ4n) is 2.32. The van der Waals surface area contributed by atoms with Crippen LogP contribution < -0.4 is 10.6 Å². The van der Waals surface area contributed by atoms with Crippen LogP contribution in [-0.2, 0) is 20.9 Å². The first-order valence-corrected chi connectivity index (χ1v) is 7.75. The highest BCUT2D eigenvalue weighted by Gasteiger charge is 2.49. The highest BCUT2D eigenvalue weighted by Crippen LogP contribution is 2.24. The van der Waals surface area contributed by atoms with Crippen LogP contribution in [0.15, 0.2) is 18.2 Å². The minimum absolute atomic E-state index is 0.0650. The summed E-state index contributed by atoms with van der Waals surface area (Å²) in [4.78, 5) is 36.3. The zero-order valence-electron chi connectivity index (χ0n) is 13.3. The van der Waals surface area contributed by atoms with Crippen molar-refractivity contribution >= 4 is 29.5 Å². The highest BCUT2D eigenvalue weighted by molar-refractivity contribution is 6.30. The smallest absolute Gasteiger partial charge is 0.407 e. The minimum Gasteiger partial charge on any atom is -0.407 e. The molecule has 136 valence electrons. The Bertz CT molecular complexity index is 681. The van der Waals surface area contributed by atoms with Crippen molar-refractivity contribution < 1.29 is 28.6 Å². The predicted molar refractivity (Wildman–Crippen MR) is 84.9 cm³/mol. The zero-order chi connectivity index (χ0) is 18.6. The Morgan fingerprint density at radius 3 is 2.80 bits per heavy atom. The van der Waals surface area contributed by atoms with Crippen molar-refractivity contribution in [2.75, 3.05) is 20.1 Å². The SMILES string of the molecule is CNC(=O)CN1CCC(O)(OC(=O)NCc2cc(F)cc(Cl)c2)C1=O. The molecule has 0 radical (unpaired) electrons. The van der Waals surface area contributed by atoms with Crippen LogP contribution in [0, 0.1) is 5.82 Å². The van der Waals surface area contributed by atoms with Crippen molar-refractivity contribution in [3.05, 3.63) is 34.6 Å². The van der Waals surface area contributed by atoms with E-state index in [0.717, 1.165) is 11.0 Å². The van der Waals surface area contributed by atoms with E-state index >= 15 is 0 Å². The average Bonchev–Trinajstić information content (AvgIpc) is 2.80. The van der Waals surface area contributed by atoms with Crippen molar-refractivity contribution in [1.82, 2.24) is 15.5 Å². The quantitative estimate of drug-likeness (QED) is 0.646. The Hall–Kier alpha value is -2.39. The lowest BCUT2D eigenvalue weighted by Gasteiger charge is -2.22. The number of likely N-dealkylation sites (tertiary alicyclic amines) is 1. The minimum atomic E-state index is -2.34. The monoisotopic (exact) mass is 373 g/mol. The van der Waals surface area contributed by atoms with E-state index in [1.54, 1.807) is 0 Å². The van der Waals surface area contributed by atoms with Gasteiger partial charge in [-0.15, -0.1) is 0 Å². The number of carbonyl (C=O) groups is 3. The number of amides is 3. The van der Waals surface area contributed by atoms with E-state index < -0.39 is 29.5 Å². The highest BCUT2D eigenvalue weighted by atomic mass is 35.5. The van der Waals surface area contributed by atoms with Crippen LogP contribution in [0.25, 0.3) is 0 Å². The van der Waals surface area contributed by atoms with Crippen LogP contribution in [0.4, 0.5) is 9.18 Å². The summed E-state index contributed by atoms with van der Waals surface area (Å²) in [5, 5.41) is 15.0. The van der Waals surface area contributed by atoms with Gasteiger partial charge in [0.25, 0.3) is 11.7 Å². The second kappa shape index (κ2) is 7.66. The fourth-order valence-corrected chi connectivity index (χ4v) is 2.56. The van der Waals surface area contributed by atoms with Gasteiger partial charge in [-0.3, -0.25) is 9.59 Å².